The van der Waals surface area contributed by atoms with E-state index in [0.29, 0.717) is 0 Å². The number of nitrogens with zero attached hydrogens (tertiary/aromatic N) is 1. The number of aryl methyl sites for hydroxylation is 1. The molecule has 1 aromatic heterocycles. The molecular formula is C11H17N3O5. The summed E-state index contributed by atoms with van der Waals surface area (Å²) >= 11 is 0. The van der Waals surface area contributed by atoms with E-state index in [9.17, 15) is 19.5 Å². The summed E-state index contributed by atoms with van der Waals surface area (Å²) in [6.45, 7) is 1.92. The van der Waals surface area contributed by atoms with Crippen molar-refractivity contribution in [3.05, 3.63) is 22.1 Å². The van der Waals surface area contributed by atoms with Gasteiger partial charge in [0, 0.05) is 26.1 Å². The molecule has 1 amide bonds. The van der Waals surface area contributed by atoms with Crippen molar-refractivity contribution in [1.29, 1.82) is 0 Å². The molecule has 0 saturated heterocycles. The average Bonchev–Trinajstić information content (AvgIpc) is 2.69. The number of rotatable bonds is 6. The Bertz CT molecular complexity index is 505. The predicted molar refractivity (Wildman–Crippen MR) is 65.6 cm³/mol. The summed E-state index contributed by atoms with van der Waals surface area (Å²) in [5.41, 5.74) is -0.199. The molecule has 1 aromatic rings. The number of H-pyrrole nitrogens is 1. The molecular weight excluding hydrogens is 254 g/mol. The average molecular weight is 271 g/mol. The van der Waals surface area contributed by atoms with Crippen LogP contribution in [0.5, 0.6) is 0 Å². The quantitative estimate of drug-likeness (QED) is 0.560. The fourth-order valence-electron chi connectivity index (χ4n) is 1.38. The molecule has 0 bridgehead atoms. The van der Waals surface area contributed by atoms with Crippen LogP contribution in [-0.4, -0.2) is 46.0 Å². The van der Waals surface area contributed by atoms with Gasteiger partial charge in [-0.3, -0.25) is 19.4 Å². The van der Waals surface area contributed by atoms with Crippen molar-refractivity contribution in [1.82, 2.24) is 15.1 Å². The molecule has 8 nitrogen and oxygen atoms in total. The van der Waals surface area contributed by atoms with Crippen LogP contribution >= 0.6 is 0 Å². The number of aliphatic hydroxyl groups is 1. The minimum absolute atomic E-state index is 0.0433. The summed E-state index contributed by atoms with van der Waals surface area (Å²) in [6, 6.07) is 1.16. The van der Waals surface area contributed by atoms with E-state index in [1.165, 1.54) is 11.7 Å². The minimum Gasteiger partial charge on any atom is -0.464 e. The van der Waals surface area contributed by atoms with E-state index >= 15 is 0 Å². The van der Waals surface area contributed by atoms with Gasteiger partial charge in [-0.2, -0.15) is 0 Å². The van der Waals surface area contributed by atoms with E-state index in [1.807, 2.05) is 0 Å². The lowest BCUT2D eigenvalue weighted by molar-refractivity contribution is -0.153. The van der Waals surface area contributed by atoms with E-state index < -0.39 is 18.0 Å². The second kappa shape index (κ2) is 6.74. The van der Waals surface area contributed by atoms with Gasteiger partial charge in [-0.05, 0) is 6.92 Å². The lowest BCUT2D eigenvalue weighted by Crippen LogP contribution is -2.31. The van der Waals surface area contributed by atoms with Crippen molar-refractivity contribution in [2.45, 2.75) is 19.4 Å². The van der Waals surface area contributed by atoms with Crippen LogP contribution in [0.3, 0.4) is 0 Å². The van der Waals surface area contributed by atoms with Gasteiger partial charge in [0.15, 0.2) is 6.10 Å². The number of carbonyl (C=O) groups is 2. The van der Waals surface area contributed by atoms with Crippen LogP contribution in [0.25, 0.3) is 0 Å². The molecule has 0 aliphatic carbocycles. The van der Waals surface area contributed by atoms with E-state index in [4.69, 9.17) is 0 Å². The summed E-state index contributed by atoms with van der Waals surface area (Å²) < 4.78 is 5.78. The van der Waals surface area contributed by atoms with Gasteiger partial charge in [0.1, 0.15) is 5.69 Å². The second-order valence-electron chi connectivity index (χ2n) is 3.88. The molecule has 0 aliphatic heterocycles. The van der Waals surface area contributed by atoms with Gasteiger partial charge in [-0.15, -0.1) is 0 Å². The fraction of sp³-hybridized carbons (Fsp3) is 0.545. The molecule has 1 atom stereocenters. The van der Waals surface area contributed by atoms with E-state index in [2.05, 4.69) is 15.2 Å². The Hall–Kier alpha value is -2.09. The third-order valence-corrected chi connectivity index (χ3v) is 2.39. The van der Waals surface area contributed by atoms with Gasteiger partial charge < -0.3 is 15.2 Å². The largest absolute Gasteiger partial charge is 0.464 e. The number of carbonyl (C=O) groups excluding carboxylic acids is 2. The first kappa shape index (κ1) is 15.0. The molecule has 106 valence electrons. The molecule has 1 rings (SSSR count). The first-order chi connectivity index (χ1) is 8.95. The first-order valence-electron chi connectivity index (χ1n) is 5.84. The number of hydrogen-bond acceptors (Lipinski definition) is 5. The molecule has 3 N–H and O–H groups in total. The zero-order chi connectivity index (χ0) is 14.4. The van der Waals surface area contributed by atoms with Crippen molar-refractivity contribution >= 4 is 11.9 Å². The third kappa shape index (κ3) is 4.25. The molecule has 0 aliphatic rings. The third-order valence-electron chi connectivity index (χ3n) is 2.39. The van der Waals surface area contributed by atoms with Gasteiger partial charge >= 0.3 is 5.97 Å². The van der Waals surface area contributed by atoms with Crippen LogP contribution in [0.4, 0.5) is 0 Å². The van der Waals surface area contributed by atoms with Gasteiger partial charge in [0.25, 0.3) is 11.5 Å². The molecule has 0 saturated carbocycles. The Labute approximate surface area is 109 Å². The Kier molecular flexibility index (Phi) is 5.31. The molecule has 0 radical (unpaired) electrons. The topological polar surface area (TPSA) is 113 Å². The standard InChI is InChI=1S/C11H17N3O5/c1-3-19-11(18)8(15)4-5-12-10(17)7-6-9(16)14(2)13-7/h6,8,13,15H,3-5H2,1-2H3,(H,12,17). The highest BCUT2D eigenvalue weighted by Crippen LogP contribution is 1.95. The van der Waals surface area contributed by atoms with Crippen molar-refractivity contribution in [2.75, 3.05) is 13.2 Å². The van der Waals surface area contributed by atoms with E-state index in [-0.39, 0.29) is 30.8 Å². The van der Waals surface area contributed by atoms with Crippen molar-refractivity contribution < 1.29 is 19.4 Å². The number of amides is 1. The number of esters is 1. The zero-order valence-electron chi connectivity index (χ0n) is 10.8. The number of aromatic amines is 1. The summed E-state index contributed by atoms with van der Waals surface area (Å²) in [7, 11) is 1.49. The molecule has 0 spiro atoms. The molecule has 1 heterocycles. The van der Waals surface area contributed by atoms with Crippen LogP contribution < -0.4 is 10.9 Å². The van der Waals surface area contributed by atoms with Gasteiger partial charge in [0.2, 0.25) is 0 Å². The predicted octanol–water partition coefficient (Wildman–Crippen LogP) is -1.24. The van der Waals surface area contributed by atoms with Crippen molar-refractivity contribution in [3.63, 3.8) is 0 Å². The fourth-order valence-corrected chi connectivity index (χ4v) is 1.38. The number of ether oxygens (including phenoxy) is 1. The van der Waals surface area contributed by atoms with Crippen molar-refractivity contribution in [2.24, 2.45) is 7.05 Å². The highest BCUT2D eigenvalue weighted by Gasteiger charge is 2.16. The summed E-state index contributed by atoms with van der Waals surface area (Å²) in [5, 5.41) is 14.4. The Morgan fingerprint density at radius 3 is 2.79 bits per heavy atom. The lowest BCUT2D eigenvalue weighted by atomic mass is 10.2. The normalized spacial score (nSPS) is 11.9. The number of hydrogen-bond donors (Lipinski definition) is 3. The van der Waals surface area contributed by atoms with Gasteiger partial charge in [-0.25, -0.2) is 4.79 Å². The van der Waals surface area contributed by atoms with Crippen LogP contribution in [-0.2, 0) is 16.6 Å². The number of aliphatic hydroxyl groups excluding tert-OH is 1. The van der Waals surface area contributed by atoms with Gasteiger partial charge in [-0.1, -0.05) is 0 Å². The maximum atomic E-state index is 11.6. The van der Waals surface area contributed by atoms with Crippen LogP contribution in [0.1, 0.15) is 23.8 Å². The second-order valence-corrected chi connectivity index (χ2v) is 3.88. The molecule has 8 heteroatoms. The van der Waals surface area contributed by atoms with E-state index in [0.717, 1.165) is 6.07 Å². The zero-order valence-corrected chi connectivity index (χ0v) is 10.8. The maximum absolute atomic E-state index is 11.6. The summed E-state index contributed by atoms with van der Waals surface area (Å²) in [6.07, 6.45) is -1.23. The molecule has 19 heavy (non-hydrogen) atoms. The monoisotopic (exact) mass is 271 g/mol. The Morgan fingerprint density at radius 1 is 1.58 bits per heavy atom. The van der Waals surface area contributed by atoms with Gasteiger partial charge in [0.05, 0.1) is 6.61 Å². The smallest absolute Gasteiger partial charge is 0.335 e. The Morgan fingerprint density at radius 2 is 2.26 bits per heavy atom. The SMILES string of the molecule is CCOC(=O)C(O)CCNC(=O)c1cc(=O)n(C)[nH]1. The first-order valence-corrected chi connectivity index (χ1v) is 5.84. The van der Waals surface area contributed by atoms with Crippen molar-refractivity contribution in [3.8, 4) is 0 Å². The van der Waals surface area contributed by atoms with Crippen LogP contribution in [0.2, 0.25) is 0 Å². The molecule has 0 fully saturated rings. The number of aromatic nitrogens is 2. The Balaban J connectivity index is 2.39. The summed E-state index contributed by atoms with van der Waals surface area (Å²) in [5.74, 6) is -1.20. The van der Waals surface area contributed by atoms with Crippen LogP contribution in [0, 0.1) is 0 Å². The van der Waals surface area contributed by atoms with Crippen LogP contribution in [0.15, 0.2) is 10.9 Å². The minimum atomic E-state index is -1.27. The lowest BCUT2D eigenvalue weighted by Gasteiger charge is -2.09. The highest BCUT2D eigenvalue weighted by atomic mass is 16.5. The summed E-state index contributed by atoms with van der Waals surface area (Å²) in [4.78, 5) is 33.8. The highest BCUT2D eigenvalue weighted by molar-refractivity contribution is 5.92. The molecule has 1 unspecified atom stereocenters. The molecule has 0 aromatic carbocycles. The van der Waals surface area contributed by atoms with E-state index in [1.54, 1.807) is 6.92 Å². The number of nitrogens with one attached hydrogen (secondary N) is 2. The maximum Gasteiger partial charge on any atom is 0.335 e.